The van der Waals surface area contributed by atoms with Crippen molar-refractivity contribution in [1.82, 2.24) is 0 Å². The minimum Gasteiger partial charge on any atom is -0.383 e. The van der Waals surface area contributed by atoms with E-state index in [0.29, 0.717) is 11.3 Å². The van der Waals surface area contributed by atoms with Crippen molar-refractivity contribution in [2.45, 2.75) is 32.6 Å². The van der Waals surface area contributed by atoms with E-state index < -0.39 is 10.1 Å². The molecule has 0 fully saturated rings. The molecule has 0 spiro atoms. The van der Waals surface area contributed by atoms with Gasteiger partial charge < -0.3 is 4.18 Å². The van der Waals surface area contributed by atoms with Crippen molar-refractivity contribution in [2.75, 3.05) is 6.26 Å². The molecule has 4 nitrogen and oxygen atoms in total. The second-order valence-electron chi connectivity index (χ2n) is 5.80. The average molecular weight is 338 g/mol. The minimum atomic E-state index is -3.56. The number of hydrogen-bond donors (Lipinski definition) is 0. The monoisotopic (exact) mass is 338 g/mol. The third-order valence-corrected chi connectivity index (χ3v) is 5.86. The van der Waals surface area contributed by atoms with Crippen molar-refractivity contribution < 1.29 is 12.6 Å². The van der Waals surface area contributed by atoms with Gasteiger partial charge in [0.1, 0.15) is 5.75 Å². The average Bonchev–Trinajstić information content (AvgIpc) is 2.45. The van der Waals surface area contributed by atoms with Gasteiger partial charge in [-0.15, -0.1) is 11.3 Å². The molecule has 1 aromatic heterocycles. The van der Waals surface area contributed by atoms with Gasteiger partial charge in [-0.2, -0.15) is 8.42 Å². The van der Waals surface area contributed by atoms with Crippen molar-refractivity contribution in [3.63, 3.8) is 0 Å². The Bertz CT molecular complexity index is 881. The lowest BCUT2D eigenvalue weighted by Gasteiger charge is -2.22. The van der Waals surface area contributed by atoms with E-state index in [0.717, 1.165) is 47.1 Å². The molecule has 1 atom stereocenters. The molecule has 0 radical (unpaired) electrons. The molecule has 0 saturated carbocycles. The zero-order valence-electron chi connectivity index (χ0n) is 12.6. The fraction of sp³-hybridized carbons (Fsp3) is 0.438. The molecule has 6 heteroatoms. The van der Waals surface area contributed by atoms with E-state index in [4.69, 9.17) is 4.18 Å². The van der Waals surface area contributed by atoms with Gasteiger partial charge in [-0.1, -0.05) is 13.3 Å². The molecule has 1 aliphatic rings. The van der Waals surface area contributed by atoms with Crippen molar-refractivity contribution in [3.05, 3.63) is 38.9 Å². The molecular formula is C16H18O4S2. The van der Waals surface area contributed by atoms with Crippen LogP contribution in [0.3, 0.4) is 0 Å². The Morgan fingerprint density at radius 3 is 2.82 bits per heavy atom. The molecule has 0 aliphatic heterocycles. The van der Waals surface area contributed by atoms with Gasteiger partial charge in [0, 0.05) is 20.5 Å². The van der Waals surface area contributed by atoms with Crippen LogP contribution in [0.15, 0.2) is 23.0 Å². The quantitative estimate of drug-likeness (QED) is 0.807. The summed E-state index contributed by atoms with van der Waals surface area (Å²) >= 11 is 1.59. The van der Waals surface area contributed by atoms with Crippen LogP contribution in [0.1, 0.15) is 30.2 Å². The summed E-state index contributed by atoms with van der Waals surface area (Å²) in [5.41, 5.74) is 1.03. The van der Waals surface area contributed by atoms with Crippen LogP contribution in [0.2, 0.25) is 0 Å². The first-order valence-electron chi connectivity index (χ1n) is 7.35. The predicted molar refractivity (Wildman–Crippen MR) is 89.4 cm³/mol. The Hall–Kier alpha value is -1.40. The Balaban J connectivity index is 2.12. The minimum absolute atomic E-state index is 0.0872. The van der Waals surface area contributed by atoms with Crippen molar-refractivity contribution in [1.29, 1.82) is 0 Å². The van der Waals surface area contributed by atoms with E-state index in [1.165, 1.54) is 0 Å². The summed E-state index contributed by atoms with van der Waals surface area (Å²) in [5, 5.41) is 0.652. The molecule has 22 heavy (non-hydrogen) atoms. The lowest BCUT2D eigenvalue weighted by molar-refractivity contribution is 0.448. The molecule has 1 aromatic carbocycles. The van der Waals surface area contributed by atoms with Crippen LogP contribution < -0.4 is 9.61 Å². The molecule has 3 rings (SSSR count). The van der Waals surface area contributed by atoms with Gasteiger partial charge in [-0.25, -0.2) is 0 Å². The standard InChI is InChI=1S/C16H18O4S2/c1-3-10-4-6-12-14(8-10)21-15-9-11(20-22(2,18)19)5-7-13(15)16(12)17/h5,7,9-10H,3-4,6,8H2,1-2H3. The molecule has 118 valence electrons. The summed E-state index contributed by atoms with van der Waals surface area (Å²) in [5.74, 6) is 0.893. The lowest BCUT2D eigenvalue weighted by atomic mass is 9.87. The van der Waals surface area contributed by atoms with E-state index in [-0.39, 0.29) is 11.2 Å². The van der Waals surface area contributed by atoms with Crippen LogP contribution in [-0.4, -0.2) is 14.7 Å². The van der Waals surface area contributed by atoms with Crippen molar-refractivity contribution in [3.8, 4) is 5.75 Å². The highest BCUT2D eigenvalue weighted by molar-refractivity contribution is 7.86. The maximum atomic E-state index is 12.6. The molecule has 1 aliphatic carbocycles. The molecule has 0 N–H and O–H groups in total. The fourth-order valence-electron chi connectivity index (χ4n) is 2.96. The Morgan fingerprint density at radius 2 is 2.14 bits per heavy atom. The Labute approximate surface area is 133 Å². The van der Waals surface area contributed by atoms with Gasteiger partial charge in [0.25, 0.3) is 0 Å². The molecular weight excluding hydrogens is 320 g/mol. The summed E-state index contributed by atoms with van der Waals surface area (Å²) in [7, 11) is -3.56. The molecule has 1 unspecified atom stereocenters. The van der Waals surface area contributed by atoms with Crippen LogP contribution >= 0.6 is 11.3 Å². The first-order chi connectivity index (χ1) is 10.4. The van der Waals surface area contributed by atoms with Gasteiger partial charge in [-0.3, -0.25) is 4.79 Å². The number of hydrogen-bond acceptors (Lipinski definition) is 5. The second-order valence-corrected chi connectivity index (χ2v) is 8.51. The van der Waals surface area contributed by atoms with Gasteiger partial charge in [-0.05, 0) is 43.4 Å². The van der Waals surface area contributed by atoms with E-state index in [1.807, 2.05) is 0 Å². The van der Waals surface area contributed by atoms with E-state index >= 15 is 0 Å². The highest BCUT2D eigenvalue weighted by Gasteiger charge is 2.22. The SMILES string of the molecule is CCC1CCc2c(sc3cc(OS(C)(=O)=O)ccc3c2=O)C1. The molecule has 0 bridgehead atoms. The fourth-order valence-corrected chi connectivity index (χ4v) is 4.77. The highest BCUT2D eigenvalue weighted by Crippen LogP contribution is 2.33. The summed E-state index contributed by atoms with van der Waals surface area (Å²) in [4.78, 5) is 13.8. The molecule has 0 saturated heterocycles. The van der Waals surface area contributed by atoms with Gasteiger partial charge >= 0.3 is 10.1 Å². The normalized spacial score (nSPS) is 18.2. The predicted octanol–water partition coefficient (Wildman–Crippen LogP) is 3.11. The second kappa shape index (κ2) is 5.66. The Morgan fingerprint density at radius 1 is 1.36 bits per heavy atom. The summed E-state index contributed by atoms with van der Waals surface area (Å²) < 4.78 is 28.2. The lowest BCUT2D eigenvalue weighted by Crippen LogP contribution is -2.20. The number of rotatable bonds is 3. The molecule has 0 amide bonds. The van der Waals surface area contributed by atoms with Crippen LogP contribution in [0, 0.1) is 5.92 Å². The van der Waals surface area contributed by atoms with Gasteiger partial charge in [0.15, 0.2) is 5.43 Å². The zero-order chi connectivity index (χ0) is 15.9. The largest absolute Gasteiger partial charge is 0.383 e. The van der Waals surface area contributed by atoms with Crippen molar-refractivity contribution >= 4 is 31.5 Å². The third-order valence-electron chi connectivity index (χ3n) is 4.14. The zero-order valence-corrected chi connectivity index (χ0v) is 14.2. The first-order valence-corrected chi connectivity index (χ1v) is 9.98. The van der Waals surface area contributed by atoms with Gasteiger partial charge in [0.05, 0.1) is 6.26 Å². The van der Waals surface area contributed by atoms with Crippen LogP contribution in [0.4, 0.5) is 0 Å². The highest BCUT2D eigenvalue weighted by atomic mass is 32.2. The van der Waals surface area contributed by atoms with E-state index in [1.54, 1.807) is 29.5 Å². The molecule has 1 heterocycles. The summed E-state index contributed by atoms with van der Waals surface area (Å²) in [6.45, 7) is 2.18. The number of benzene rings is 1. The van der Waals surface area contributed by atoms with E-state index in [9.17, 15) is 13.2 Å². The maximum absolute atomic E-state index is 12.6. The third kappa shape index (κ3) is 3.03. The van der Waals surface area contributed by atoms with Gasteiger partial charge in [0.2, 0.25) is 0 Å². The summed E-state index contributed by atoms with van der Waals surface area (Å²) in [6.07, 6.45) is 5.00. The van der Waals surface area contributed by atoms with Crippen LogP contribution in [-0.2, 0) is 23.0 Å². The topological polar surface area (TPSA) is 60.4 Å². The van der Waals surface area contributed by atoms with Crippen molar-refractivity contribution in [2.24, 2.45) is 5.92 Å². The first kappa shape index (κ1) is 15.5. The molecule has 2 aromatic rings. The Kier molecular flexibility index (Phi) is 3.99. The number of fused-ring (bicyclic) bond motifs is 2. The van der Waals surface area contributed by atoms with Crippen LogP contribution in [0.25, 0.3) is 10.1 Å². The maximum Gasteiger partial charge on any atom is 0.306 e. The smallest absolute Gasteiger partial charge is 0.306 e. The summed E-state index contributed by atoms with van der Waals surface area (Å²) in [6, 6.07) is 4.86. The van der Waals surface area contributed by atoms with E-state index in [2.05, 4.69) is 6.92 Å². The van der Waals surface area contributed by atoms with Crippen LogP contribution in [0.5, 0.6) is 5.75 Å².